The predicted molar refractivity (Wildman–Crippen MR) is 101 cm³/mol. The molecule has 2 N–H and O–H groups in total. The molecular weight excluding hydrogens is 312 g/mol. The molecule has 2 aromatic rings. The zero-order valence-corrected chi connectivity index (χ0v) is 15.0. The van der Waals surface area contributed by atoms with Gasteiger partial charge in [-0.25, -0.2) is 9.67 Å². The number of anilines is 2. The summed E-state index contributed by atoms with van der Waals surface area (Å²) in [5, 5.41) is 11.3. The van der Waals surface area contributed by atoms with Crippen molar-refractivity contribution in [2.24, 2.45) is 11.8 Å². The molecular formula is C19H28N6. The van der Waals surface area contributed by atoms with Crippen LogP contribution in [0.5, 0.6) is 0 Å². The van der Waals surface area contributed by atoms with Gasteiger partial charge in [0.25, 0.3) is 0 Å². The van der Waals surface area contributed by atoms with Crippen LogP contribution < -0.4 is 15.5 Å². The Kier molecular flexibility index (Phi) is 4.88. The number of rotatable bonds is 5. The monoisotopic (exact) mass is 340 g/mol. The van der Waals surface area contributed by atoms with Crippen molar-refractivity contribution >= 4 is 11.6 Å². The molecule has 2 aliphatic rings. The van der Waals surface area contributed by atoms with Crippen molar-refractivity contribution in [3.8, 4) is 0 Å². The molecule has 0 aromatic carbocycles. The van der Waals surface area contributed by atoms with Crippen molar-refractivity contribution in [3.63, 3.8) is 0 Å². The van der Waals surface area contributed by atoms with E-state index in [0.29, 0.717) is 5.92 Å². The molecule has 0 bridgehead atoms. The van der Waals surface area contributed by atoms with E-state index in [2.05, 4.69) is 44.7 Å². The van der Waals surface area contributed by atoms with Crippen molar-refractivity contribution < 1.29 is 0 Å². The summed E-state index contributed by atoms with van der Waals surface area (Å²) >= 11 is 0. The fourth-order valence-corrected chi connectivity index (χ4v) is 3.69. The Hall–Kier alpha value is -2.08. The first-order chi connectivity index (χ1) is 12.3. The first-order valence-corrected chi connectivity index (χ1v) is 9.44. The topological polar surface area (TPSA) is 58.0 Å². The van der Waals surface area contributed by atoms with Crippen molar-refractivity contribution in [3.05, 3.63) is 36.2 Å². The lowest BCUT2D eigenvalue weighted by atomic mass is 9.99. The third-order valence-electron chi connectivity index (χ3n) is 5.40. The molecule has 0 radical (unpaired) electrons. The highest BCUT2D eigenvalue weighted by Crippen LogP contribution is 2.21. The van der Waals surface area contributed by atoms with Gasteiger partial charge in [0.15, 0.2) is 0 Å². The lowest BCUT2D eigenvalue weighted by molar-refractivity contribution is 0.391. The van der Waals surface area contributed by atoms with E-state index in [1.807, 2.05) is 23.1 Å². The summed E-state index contributed by atoms with van der Waals surface area (Å²) in [4.78, 5) is 7.08. The number of aromatic nitrogens is 3. The SMILES string of the molecule is CC1CCN(c2ccc(CNCC3CNc4ccnn4C3)cn2)CC1. The first-order valence-electron chi connectivity index (χ1n) is 9.44. The van der Waals surface area contributed by atoms with Gasteiger partial charge in [0, 0.05) is 57.4 Å². The van der Waals surface area contributed by atoms with Crippen LogP contribution in [0, 0.1) is 11.8 Å². The van der Waals surface area contributed by atoms with E-state index in [9.17, 15) is 0 Å². The number of hydrogen-bond acceptors (Lipinski definition) is 5. The molecule has 2 aromatic heterocycles. The Morgan fingerprint density at radius 1 is 1.24 bits per heavy atom. The lowest BCUT2D eigenvalue weighted by Gasteiger charge is -2.31. The number of pyridine rings is 1. The van der Waals surface area contributed by atoms with Crippen LogP contribution >= 0.6 is 0 Å². The summed E-state index contributed by atoms with van der Waals surface area (Å²) in [6.07, 6.45) is 6.43. The number of hydrogen-bond donors (Lipinski definition) is 2. The van der Waals surface area contributed by atoms with Crippen molar-refractivity contribution in [2.45, 2.75) is 32.9 Å². The van der Waals surface area contributed by atoms with Gasteiger partial charge in [-0.15, -0.1) is 0 Å². The van der Waals surface area contributed by atoms with E-state index < -0.39 is 0 Å². The fourth-order valence-electron chi connectivity index (χ4n) is 3.69. The van der Waals surface area contributed by atoms with E-state index in [1.54, 1.807) is 0 Å². The van der Waals surface area contributed by atoms with Crippen molar-refractivity contribution in [1.82, 2.24) is 20.1 Å². The van der Waals surface area contributed by atoms with Crippen LogP contribution in [0.2, 0.25) is 0 Å². The summed E-state index contributed by atoms with van der Waals surface area (Å²) in [6.45, 7) is 8.45. The Morgan fingerprint density at radius 2 is 2.12 bits per heavy atom. The van der Waals surface area contributed by atoms with Gasteiger partial charge in [-0.05, 0) is 30.4 Å². The largest absolute Gasteiger partial charge is 0.370 e. The Balaban J connectivity index is 1.23. The summed E-state index contributed by atoms with van der Waals surface area (Å²) in [5.41, 5.74) is 1.25. The second-order valence-corrected chi connectivity index (χ2v) is 7.47. The third kappa shape index (κ3) is 3.95. The van der Waals surface area contributed by atoms with E-state index in [-0.39, 0.29) is 0 Å². The zero-order valence-electron chi connectivity index (χ0n) is 15.0. The average Bonchev–Trinajstić information content (AvgIpc) is 3.11. The van der Waals surface area contributed by atoms with E-state index in [0.717, 1.165) is 56.8 Å². The summed E-state index contributed by atoms with van der Waals surface area (Å²) < 4.78 is 2.05. The molecule has 0 spiro atoms. The minimum Gasteiger partial charge on any atom is -0.370 e. The van der Waals surface area contributed by atoms with Gasteiger partial charge in [-0.1, -0.05) is 13.0 Å². The number of piperidine rings is 1. The third-order valence-corrected chi connectivity index (χ3v) is 5.40. The van der Waals surface area contributed by atoms with Gasteiger partial charge in [-0.2, -0.15) is 5.10 Å². The molecule has 25 heavy (non-hydrogen) atoms. The Bertz CT molecular complexity index is 671. The number of fused-ring (bicyclic) bond motifs is 1. The second kappa shape index (κ2) is 7.44. The van der Waals surface area contributed by atoms with E-state index >= 15 is 0 Å². The maximum absolute atomic E-state index is 4.68. The molecule has 134 valence electrons. The second-order valence-electron chi connectivity index (χ2n) is 7.47. The van der Waals surface area contributed by atoms with Gasteiger partial charge in [-0.3, -0.25) is 0 Å². The molecule has 6 heteroatoms. The van der Waals surface area contributed by atoms with Gasteiger partial charge < -0.3 is 15.5 Å². The molecule has 4 heterocycles. The smallest absolute Gasteiger partial charge is 0.128 e. The maximum atomic E-state index is 4.68. The van der Waals surface area contributed by atoms with Crippen LogP contribution in [-0.4, -0.2) is 40.9 Å². The molecule has 1 fully saturated rings. The molecule has 4 rings (SSSR count). The van der Waals surface area contributed by atoms with E-state index in [1.165, 1.54) is 18.4 Å². The first kappa shape index (κ1) is 16.4. The highest BCUT2D eigenvalue weighted by atomic mass is 15.3. The number of nitrogens with zero attached hydrogens (tertiary/aromatic N) is 4. The van der Waals surface area contributed by atoms with E-state index in [4.69, 9.17) is 0 Å². The van der Waals surface area contributed by atoms with Gasteiger partial charge in [0.05, 0.1) is 6.20 Å². The highest BCUT2D eigenvalue weighted by molar-refractivity contribution is 5.39. The Labute approximate surface area is 149 Å². The van der Waals surface area contributed by atoms with Crippen LogP contribution in [0.25, 0.3) is 0 Å². The van der Waals surface area contributed by atoms with Gasteiger partial charge >= 0.3 is 0 Å². The van der Waals surface area contributed by atoms with Gasteiger partial charge in [0.1, 0.15) is 11.6 Å². The molecule has 0 saturated carbocycles. The summed E-state index contributed by atoms with van der Waals surface area (Å²) in [5.74, 6) is 3.67. The lowest BCUT2D eigenvalue weighted by Crippen LogP contribution is -2.35. The van der Waals surface area contributed by atoms with Crippen molar-refractivity contribution in [2.75, 3.05) is 36.4 Å². The van der Waals surface area contributed by atoms with Crippen LogP contribution in [0.3, 0.4) is 0 Å². The van der Waals surface area contributed by atoms with Gasteiger partial charge in [0.2, 0.25) is 0 Å². The number of nitrogens with one attached hydrogen (secondary N) is 2. The van der Waals surface area contributed by atoms with Crippen LogP contribution in [0.4, 0.5) is 11.6 Å². The van der Waals surface area contributed by atoms with Crippen LogP contribution in [0.15, 0.2) is 30.6 Å². The zero-order chi connectivity index (χ0) is 17.1. The standard InChI is InChI=1S/C19H28N6/c1-15-5-8-24(9-6-15)18-3-2-16(12-21-18)10-20-11-17-13-22-19-4-7-23-25(19)14-17/h2-4,7,12,15,17,20,22H,5-6,8-11,13-14H2,1H3. The predicted octanol–water partition coefficient (Wildman–Crippen LogP) is 2.35. The molecule has 6 nitrogen and oxygen atoms in total. The van der Waals surface area contributed by atoms with Crippen molar-refractivity contribution in [1.29, 1.82) is 0 Å². The maximum Gasteiger partial charge on any atom is 0.128 e. The fraction of sp³-hybridized carbons (Fsp3) is 0.579. The quantitative estimate of drug-likeness (QED) is 0.875. The minimum absolute atomic E-state index is 0.565. The van der Waals surface area contributed by atoms with Crippen LogP contribution in [-0.2, 0) is 13.1 Å². The van der Waals surface area contributed by atoms with Crippen LogP contribution in [0.1, 0.15) is 25.3 Å². The highest BCUT2D eigenvalue weighted by Gasteiger charge is 2.18. The molecule has 2 aliphatic heterocycles. The molecule has 1 unspecified atom stereocenters. The molecule has 0 aliphatic carbocycles. The molecule has 0 amide bonds. The molecule has 1 saturated heterocycles. The summed E-state index contributed by atoms with van der Waals surface area (Å²) in [7, 11) is 0. The summed E-state index contributed by atoms with van der Waals surface area (Å²) in [6, 6.07) is 6.41. The molecule has 1 atom stereocenters. The normalized spacial score (nSPS) is 21.0. The average molecular weight is 340 g/mol. The minimum atomic E-state index is 0.565. The Morgan fingerprint density at radius 3 is 2.92 bits per heavy atom.